The van der Waals surface area contributed by atoms with Crippen molar-refractivity contribution in [2.24, 2.45) is 0 Å². The van der Waals surface area contributed by atoms with Gasteiger partial charge in [0.1, 0.15) is 0 Å². The molecule has 0 aromatic carbocycles. The van der Waals surface area contributed by atoms with Gasteiger partial charge < -0.3 is 24.9 Å². The zero-order chi connectivity index (χ0) is 30.7. The van der Waals surface area contributed by atoms with Gasteiger partial charge in [0, 0.05) is 79.2 Å². The molecule has 5 heterocycles. The molecule has 0 aliphatic carbocycles. The van der Waals surface area contributed by atoms with Crippen LogP contribution in [0.15, 0.2) is 90.5 Å². The summed E-state index contributed by atoms with van der Waals surface area (Å²) in [5.41, 5.74) is 4.12. The molecule has 1 saturated heterocycles. The first kappa shape index (κ1) is 31.3. The summed E-state index contributed by atoms with van der Waals surface area (Å²) in [4.78, 5) is 44.5. The summed E-state index contributed by atoms with van der Waals surface area (Å²) >= 11 is 1.34. The third-order valence-electron chi connectivity index (χ3n) is 7.01. The minimum atomic E-state index is -1.21. The number of carbonyl (C=O) groups is 2. The van der Waals surface area contributed by atoms with Crippen molar-refractivity contribution in [2.75, 3.05) is 5.32 Å². The first-order valence-electron chi connectivity index (χ1n) is 14.3. The summed E-state index contributed by atoms with van der Waals surface area (Å²) in [5, 5.41) is 23.9. The fourth-order valence-corrected chi connectivity index (χ4v) is 6.04. The number of amides is 1. The number of carbonyl (C=O) groups excluding carboxylic acids is 2. The molecule has 5 rings (SSSR count). The van der Waals surface area contributed by atoms with Crippen molar-refractivity contribution < 1.29 is 24.4 Å². The summed E-state index contributed by atoms with van der Waals surface area (Å²) in [5.74, 6) is -1.42. The fraction of sp³-hybridized carbons (Fsp3) is 0.290. The predicted molar refractivity (Wildman–Crippen MR) is 164 cm³/mol. The Bertz CT molecular complexity index is 1480. The number of aromatic nitrogens is 4. The maximum absolute atomic E-state index is 13.0. The van der Waals surface area contributed by atoms with Gasteiger partial charge in [-0.15, -0.1) is 11.8 Å². The lowest BCUT2D eigenvalue weighted by Gasteiger charge is -2.31. The number of carboxylic acids is 1. The van der Waals surface area contributed by atoms with E-state index in [9.17, 15) is 19.7 Å². The van der Waals surface area contributed by atoms with Gasteiger partial charge in [0.15, 0.2) is 0 Å². The van der Waals surface area contributed by atoms with Crippen LogP contribution in [0.2, 0.25) is 0 Å². The molecule has 4 aromatic rings. The van der Waals surface area contributed by atoms with Crippen LogP contribution in [0.1, 0.15) is 41.9 Å². The molecule has 4 aromatic heterocycles. The number of thioether (sulfide) groups is 1. The molecular formula is C31H32BN6O5S-. The van der Waals surface area contributed by atoms with E-state index in [4.69, 9.17) is 4.65 Å². The molecule has 44 heavy (non-hydrogen) atoms. The fourth-order valence-electron chi connectivity index (χ4n) is 4.91. The summed E-state index contributed by atoms with van der Waals surface area (Å²) in [7, 11) is -1.14. The number of carboxylic acid groups (broad SMARTS) is 1. The summed E-state index contributed by atoms with van der Waals surface area (Å²) in [6, 6.07) is 17.3. The van der Waals surface area contributed by atoms with Gasteiger partial charge in [0.25, 0.3) is 0 Å². The highest BCUT2D eigenvalue weighted by Gasteiger charge is 2.36. The average molecular weight is 612 g/mol. The van der Waals surface area contributed by atoms with E-state index in [0.717, 1.165) is 22.6 Å². The van der Waals surface area contributed by atoms with Crippen LogP contribution >= 0.6 is 11.8 Å². The number of hydrogen-bond donors (Lipinski definition) is 2. The van der Waals surface area contributed by atoms with Gasteiger partial charge in [-0.2, -0.15) is 0 Å². The Labute approximate surface area is 260 Å². The number of nitrogens with one attached hydrogen (secondary N) is 1. The summed E-state index contributed by atoms with van der Waals surface area (Å²) in [6.45, 7) is 1.86. The third kappa shape index (κ3) is 9.42. The van der Waals surface area contributed by atoms with Crippen molar-refractivity contribution in [1.29, 1.82) is 0 Å². The van der Waals surface area contributed by atoms with Crippen LogP contribution in [0.25, 0.3) is 0 Å². The number of nitrogens with zero attached hydrogens (tertiary/aromatic N) is 5. The summed E-state index contributed by atoms with van der Waals surface area (Å²) in [6.07, 6.45) is 8.82. The van der Waals surface area contributed by atoms with E-state index in [2.05, 4.69) is 30.2 Å². The van der Waals surface area contributed by atoms with Crippen molar-refractivity contribution in [3.63, 3.8) is 0 Å². The molecule has 226 valence electrons. The van der Waals surface area contributed by atoms with E-state index >= 15 is 0 Å². The summed E-state index contributed by atoms with van der Waals surface area (Å²) < 4.78 is 5.46. The Morgan fingerprint density at radius 1 is 0.932 bits per heavy atom. The molecule has 2 N–H and O–H groups in total. The van der Waals surface area contributed by atoms with Crippen LogP contribution in [0.5, 0.6) is 0 Å². The second-order valence-electron chi connectivity index (χ2n) is 10.5. The highest BCUT2D eigenvalue weighted by molar-refractivity contribution is 8.01. The van der Waals surface area contributed by atoms with Crippen molar-refractivity contribution in [3.05, 3.63) is 108 Å². The molecule has 1 fully saturated rings. The number of rotatable bonds is 13. The SMILES string of the molecule is O=C([O-])C[C@@H]1CC[C@H](Sc2cnccc2NC(=O)Cc2ccc(CN(Cc3ccccn3)Cc3ccccn3)nc2)B(O)O1. The van der Waals surface area contributed by atoms with E-state index in [-0.39, 0.29) is 23.9 Å². The van der Waals surface area contributed by atoms with Gasteiger partial charge in [-0.1, -0.05) is 18.2 Å². The van der Waals surface area contributed by atoms with Crippen LogP contribution in [-0.4, -0.2) is 60.1 Å². The lowest BCUT2D eigenvalue weighted by molar-refractivity contribution is -0.307. The average Bonchev–Trinajstić information content (AvgIpc) is 3.01. The lowest BCUT2D eigenvalue weighted by atomic mass is 9.77. The number of anilines is 1. The first-order valence-corrected chi connectivity index (χ1v) is 15.2. The zero-order valence-corrected chi connectivity index (χ0v) is 24.8. The molecule has 0 saturated carbocycles. The van der Waals surface area contributed by atoms with E-state index < -0.39 is 19.2 Å². The van der Waals surface area contributed by atoms with Gasteiger partial charge in [-0.25, -0.2) is 0 Å². The molecule has 2 atom stereocenters. The standard InChI is InChI=1S/C31H33BN6O5S/c39-30(37-27-11-14-33-18-28(27)44-29-10-9-26(16-31(40)41)43-32(29)42)15-22-7-8-25(36-17-22)21-38(19-23-5-1-3-12-34-23)20-24-6-2-4-13-35-24/h1-8,11-14,17-18,26,29,42H,9-10,15-16,19-21H2,(H,40,41)(H,33,37,39)/p-1/t26-,29-/m0/s1. The highest BCUT2D eigenvalue weighted by Crippen LogP contribution is 2.36. The minimum Gasteiger partial charge on any atom is -0.550 e. The molecule has 0 radical (unpaired) electrons. The Kier molecular flexibility index (Phi) is 11.0. The van der Waals surface area contributed by atoms with Crippen molar-refractivity contribution >= 4 is 36.4 Å². The second kappa shape index (κ2) is 15.5. The Morgan fingerprint density at radius 2 is 1.64 bits per heavy atom. The normalized spacial score (nSPS) is 16.5. The van der Waals surface area contributed by atoms with Gasteiger partial charge in [-0.3, -0.25) is 29.6 Å². The molecule has 1 aliphatic heterocycles. The van der Waals surface area contributed by atoms with Crippen LogP contribution in [0, 0.1) is 0 Å². The van der Waals surface area contributed by atoms with E-state index in [0.29, 0.717) is 43.1 Å². The molecule has 1 amide bonds. The van der Waals surface area contributed by atoms with Crippen LogP contribution in [0.4, 0.5) is 5.69 Å². The second-order valence-corrected chi connectivity index (χ2v) is 11.8. The van der Waals surface area contributed by atoms with E-state index in [1.54, 1.807) is 37.1 Å². The van der Waals surface area contributed by atoms with Crippen molar-refractivity contribution in [2.45, 2.75) is 61.5 Å². The number of aliphatic carboxylic acids is 1. The van der Waals surface area contributed by atoms with Crippen molar-refractivity contribution in [1.82, 2.24) is 24.8 Å². The molecule has 0 bridgehead atoms. The molecule has 11 nitrogen and oxygen atoms in total. The van der Waals surface area contributed by atoms with E-state index in [1.807, 2.05) is 48.5 Å². The number of pyridine rings is 4. The van der Waals surface area contributed by atoms with Gasteiger partial charge in [0.05, 0.1) is 29.2 Å². The van der Waals surface area contributed by atoms with Gasteiger partial charge in [-0.05, 0) is 54.8 Å². The van der Waals surface area contributed by atoms with Crippen LogP contribution in [-0.2, 0) is 40.3 Å². The Hall–Kier alpha value is -4.17. The zero-order valence-electron chi connectivity index (χ0n) is 24.0. The Balaban J connectivity index is 1.17. The molecule has 0 spiro atoms. The molecule has 13 heteroatoms. The highest BCUT2D eigenvalue weighted by atomic mass is 32.2. The van der Waals surface area contributed by atoms with Gasteiger partial charge >= 0.3 is 7.12 Å². The van der Waals surface area contributed by atoms with Crippen LogP contribution in [0.3, 0.4) is 0 Å². The molecule has 1 aliphatic rings. The third-order valence-corrected chi connectivity index (χ3v) is 8.36. The smallest absolute Gasteiger partial charge is 0.468 e. The molecular weight excluding hydrogens is 579 g/mol. The predicted octanol–water partition coefficient (Wildman–Crippen LogP) is 2.45. The maximum Gasteiger partial charge on any atom is 0.468 e. The van der Waals surface area contributed by atoms with Crippen LogP contribution < -0.4 is 10.4 Å². The van der Waals surface area contributed by atoms with Crippen molar-refractivity contribution in [3.8, 4) is 0 Å². The topological polar surface area (TPSA) is 153 Å². The largest absolute Gasteiger partial charge is 0.550 e. The number of hydrogen-bond acceptors (Lipinski definition) is 11. The molecule has 0 unspecified atom stereocenters. The van der Waals surface area contributed by atoms with Gasteiger partial charge in [0.2, 0.25) is 5.91 Å². The first-order chi connectivity index (χ1) is 21.4. The maximum atomic E-state index is 13.0. The minimum absolute atomic E-state index is 0.130. The Morgan fingerprint density at radius 3 is 2.23 bits per heavy atom. The monoisotopic (exact) mass is 611 g/mol. The van der Waals surface area contributed by atoms with E-state index in [1.165, 1.54) is 11.8 Å². The quantitative estimate of drug-likeness (QED) is 0.214. The lowest BCUT2D eigenvalue weighted by Crippen LogP contribution is -2.43.